The van der Waals surface area contributed by atoms with Crippen molar-refractivity contribution in [3.63, 3.8) is 0 Å². The number of amides is 1. The normalized spacial score (nSPS) is 19.2. The van der Waals surface area contributed by atoms with E-state index in [0.29, 0.717) is 32.4 Å². The quantitative estimate of drug-likeness (QED) is 0.594. The van der Waals surface area contributed by atoms with Crippen LogP contribution in [0.2, 0.25) is 0 Å². The van der Waals surface area contributed by atoms with Crippen LogP contribution >= 0.6 is 0 Å². The molecule has 16 heavy (non-hydrogen) atoms. The first kappa shape index (κ1) is 16.9. The third-order valence-corrected chi connectivity index (χ3v) is 2.66. The SMILES string of the molecule is NC(=O)CC1CCN(C[B-](F)(F)F)CC1.[K+]. The fourth-order valence-electron chi connectivity index (χ4n) is 1.95. The number of hydrogen-bond donors (Lipinski definition) is 1. The van der Waals surface area contributed by atoms with Crippen LogP contribution in [0.1, 0.15) is 19.3 Å². The molecular formula is C8H15BF3KN2O. The van der Waals surface area contributed by atoms with E-state index in [-0.39, 0.29) is 63.2 Å². The Labute approximate surface area is 136 Å². The summed E-state index contributed by atoms with van der Waals surface area (Å²) < 4.78 is 36.3. The smallest absolute Gasteiger partial charge is 0.448 e. The van der Waals surface area contributed by atoms with E-state index in [9.17, 15) is 17.7 Å². The second-order valence-corrected chi connectivity index (χ2v) is 4.12. The van der Waals surface area contributed by atoms with Crippen molar-refractivity contribution in [2.75, 3.05) is 19.5 Å². The van der Waals surface area contributed by atoms with Gasteiger partial charge in [-0.15, -0.1) is 0 Å². The van der Waals surface area contributed by atoms with Gasteiger partial charge in [0, 0.05) is 6.42 Å². The molecule has 0 bridgehead atoms. The molecule has 3 nitrogen and oxygen atoms in total. The van der Waals surface area contributed by atoms with Crippen LogP contribution in [-0.2, 0) is 4.79 Å². The van der Waals surface area contributed by atoms with Crippen molar-refractivity contribution in [1.82, 2.24) is 4.90 Å². The zero-order valence-electron chi connectivity index (χ0n) is 9.46. The Kier molecular flexibility index (Phi) is 7.80. The number of likely N-dealkylation sites (tertiary alicyclic amines) is 1. The fourth-order valence-corrected chi connectivity index (χ4v) is 1.95. The molecule has 1 aliphatic rings. The third-order valence-electron chi connectivity index (χ3n) is 2.66. The Morgan fingerprint density at radius 3 is 2.19 bits per heavy atom. The number of nitrogens with zero attached hydrogens (tertiary/aromatic N) is 1. The summed E-state index contributed by atoms with van der Waals surface area (Å²) in [5.41, 5.74) is 5.03. The summed E-state index contributed by atoms with van der Waals surface area (Å²) in [6.07, 6.45) is 0.776. The van der Waals surface area contributed by atoms with Crippen LogP contribution in [-0.4, -0.2) is 37.3 Å². The summed E-state index contributed by atoms with van der Waals surface area (Å²) >= 11 is 0. The van der Waals surface area contributed by atoms with Gasteiger partial charge in [0.2, 0.25) is 5.91 Å². The van der Waals surface area contributed by atoms with Gasteiger partial charge in [0.1, 0.15) is 0 Å². The average molecular weight is 262 g/mol. The van der Waals surface area contributed by atoms with E-state index in [1.807, 2.05) is 0 Å². The molecule has 0 unspecified atom stereocenters. The van der Waals surface area contributed by atoms with E-state index in [1.54, 1.807) is 0 Å². The molecule has 0 saturated carbocycles. The Hall–Kier alpha value is 0.921. The number of nitrogens with two attached hydrogens (primary N) is 1. The number of carbonyl (C=O) groups excluding carboxylic acids is 1. The molecule has 1 amide bonds. The fraction of sp³-hybridized carbons (Fsp3) is 0.875. The van der Waals surface area contributed by atoms with Crippen LogP contribution in [0, 0.1) is 5.92 Å². The second-order valence-electron chi connectivity index (χ2n) is 4.12. The minimum absolute atomic E-state index is 0. The van der Waals surface area contributed by atoms with Gasteiger partial charge in [0.15, 0.2) is 0 Å². The topological polar surface area (TPSA) is 46.3 Å². The molecule has 0 spiro atoms. The van der Waals surface area contributed by atoms with Crippen LogP contribution in [0.25, 0.3) is 0 Å². The first-order chi connectivity index (χ1) is 6.87. The molecule has 0 aromatic carbocycles. The molecule has 1 rings (SSSR count). The van der Waals surface area contributed by atoms with Crippen LogP contribution in [0.3, 0.4) is 0 Å². The van der Waals surface area contributed by atoms with Crippen LogP contribution in [0.4, 0.5) is 12.9 Å². The van der Waals surface area contributed by atoms with E-state index in [4.69, 9.17) is 5.73 Å². The van der Waals surface area contributed by atoms with Gasteiger partial charge in [-0.25, -0.2) is 0 Å². The van der Waals surface area contributed by atoms with Crippen LogP contribution in [0.15, 0.2) is 0 Å². The number of primary amides is 1. The van der Waals surface area contributed by atoms with E-state index >= 15 is 0 Å². The monoisotopic (exact) mass is 262 g/mol. The molecule has 0 aromatic rings. The van der Waals surface area contributed by atoms with Crippen molar-refractivity contribution >= 4 is 12.9 Å². The van der Waals surface area contributed by atoms with Gasteiger partial charge in [-0.05, 0) is 38.3 Å². The van der Waals surface area contributed by atoms with Gasteiger partial charge in [-0.2, -0.15) is 0 Å². The van der Waals surface area contributed by atoms with Crippen molar-refractivity contribution in [3.8, 4) is 0 Å². The van der Waals surface area contributed by atoms with Crippen molar-refractivity contribution in [1.29, 1.82) is 0 Å². The maximum atomic E-state index is 12.1. The summed E-state index contributed by atoms with van der Waals surface area (Å²) in [4.78, 5) is 12.0. The molecular weight excluding hydrogens is 247 g/mol. The Balaban J connectivity index is 0.00000225. The van der Waals surface area contributed by atoms with Crippen LogP contribution in [0.5, 0.6) is 0 Å². The van der Waals surface area contributed by atoms with Gasteiger partial charge in [-0.3, -0.25) is 4.79 Å². The molecule has 88 valence electrons. The average Bonchev–Trinajstić information content (AvgIpc) is 2.05. The molecule has 1 heterocycles. The first-order valence-electron chi connectivity index (χ1n) is 5.08. The van der Waals surface area contributed by atoms with Gasteiger partial charge < -0.3 is 23.6 Å². The van der Waals surface area contributed by atoms with E-state index in [1.165, 1.54) is 4.90 Å². The summed E-state index contributed by atoms with van der Waals surface area (Å²) in [6, 6.07) is 0. The van der Waals surface area contributed by atoms with Crippen molar-refractivity contribution in [2.45, 2.75) is 19.3 Å². The third kappa shape index (κ3) is 7.29. The van der Waals surface area contributed by atoms with Crippen molar-refractivity contribution < 1.29 is 69.1 Å². The summed E-state index contributed by atoms with van der Waals surface area (Å²) in [7, 11) is 0. The molecule has 1 fully saturated rings. The first-order valence-corrected chi connectivity index (χ1v) is 5.08. The van der Waals surface area contributed by atoms with Crippen LogP contribution < -0.4 is 57.1 Å². The van der Waals surface area contributed by atoms with E-state index in [2.05, 4.69) is 0 Å². The largest absolute Gasteiger partial charge is 1.00 e. The summed E-state index contributed by atoms with van der Waals surface area (Å²) in [6.45, 7) is -3.90. The molecule has 2 N–H and O–H groups in total. The van der Waals surface area contributed by atoms with Gasteiger partial charge in [-0.1, -0.05) is 0 Å². The van der Waals surface area contributed by atoms with Gasteiger partial charge in [0.25, 0.3) is 0 Å². The zero-order valence-corrected chi connectivity index (χ0v) is 12.6. The number of piperidine rings is 1. The maximum Gasteiger partial charge on any atom is 1.00 e. The Bertz CT molecular complexity index is 232. The predicted octanol–water partition coefficient (Wildman–Crippen LogP) is -2.04. The molecule has 0 atom stereocenters. The Morgan fingerprint density at radius 1 is 1.31 bits per heavy atom. The van der Waals surface area contributed by atoms with Gasteiger partial charge in [0.05, 0.1) is 0 Å². The standard InChI is InChI=1S/C8H15BF3N2O.K/c10-9(11,12)6-14-3-1-7(2-4-14)5-8(13)15;/h7H,1-6H2,(H2,13,15);/q-1;+1. The molecule has 1 aliphatic heterocycles. The van der Waals surface area contributed by atoms with E-state index in [0.717, 1.165) is 0 Å². The molecule has 0 aliphatic carbocycles. The minimum Gasteiger partial charge on any atom is -0.448 e. The minimum atomic E-state index is -4.73. The van der Waals surface area contributed by atoms with Crippen molar-refractivity contribution in [3.05, 3.63) is 0 Å². The number of carbonyl (C=O) groups is 1. The molecule has 0 radical (unpaired) electrons. The van der Waals surface area contributed by atoms with Gasteiger partial charge >= 0.3 is 58.4 Å². The summed E-state index contributed by atoms with van der Waals surface area (Å²) in [5.74, 6) is -0.201. The number of hydrogen-bond acceptors (Lipinski definition) is 2. The maximum absolute atomic E-state index is 12.1. The number of rotatable bonds is 4. The predicted molar refractivity (Wildman–Crippen MR) is 52.1 cm³/mol. The zero-order chi connectivity index (χ0) is 11.5. The number of halogens is 3. The second kappa shape index (κ2) is 7.38. The molecule has 1 saturated heterocycles. The summed E-state index contributed by atoms with van der Waals surface area (Å²) in [5, 5.41) is 0. The molecule has 0 aromatic heterocycles. The van der Waals surface area contributed by atoms with Crippen molar-refractivity contribution in [2.24, 2.45) is 11.7 Å². The van der Waals surface area contributed by atoms with E-state index < -0.39 is 13.4 Å². The molecule has 8 heteroatoms. The Morgan fingerprint density at radius 2 is 1.81 bits per heavy atom.